The van der Waals surface area contributed by atoms with Gasteiger partial charge in [-0.1, -0.05) is 0 Å². The molecule has 0 saturated heterocycles. The number of carbonyl (C=O) groups is 1. The molecule has 0 radical (unpaired) electrons. The van der Waals surface area contributed by atoms with Crippen molar-refractivity contribution in [1.82, 2.24) is 24.2 Å². The summed E-state index contributed by atoms with van der Waals surface area (Å²) >= 11 is 0. The summed E-state index contributed by atoms with van der Waals surface area (Å²) in [5.41, 5.74) is 3.44. The van der Waals surface area contributed by atoms with E-state index in [1.807, 2.05) is 36.9 Å². The summed E-state index contributed by atoms with van der Waals surface area (Å²) < 4.78 is 44.6. The SMILES string of the molecule is CC1c2nn(C)c(-c3cc(F)c(F)c(F)c3)c2CCN1C(=O)c1nccc2c1ccn2C. The molecule has 4 heterocycles. The number of rotatable bonds is 2. The van der Waals surface area contributed by atoms with E-state index in [4.69, 9.17) is 0 Å². The zero-order chi connectivity index (χ0) is 22.7. The van der Waals surface area contributed by atoms with Crippen molar-refractivity contribution in [1.29, 1.82) is 0 Å². The number of pyridine rings is 1. The van der Waals surface area contributed by atoms with Gasteiger partial charge in [-0.25, -0.2) is 13.2 Å². The van der Waals surface area contributed by atoms with Crippen molar-refractivity contribution < 1.29 is 18.0 Å². The Morgan fingerprint density at radius 3 is 2.56 bits per heavy atom. The first-order valence-electron chi connectivity index (χ1n) is 10.2. The molecule has 9 heteroatoms. The second-order valence-corrected chi connectivity index (χ2v) is 8.03. The summed E-state index contributed by atoms with van der Waals surface area (Å²) in [7, 11) is 3.57. The van der Waals surface area contributed by atoms with Gasteiger partial charge < -0.3 is 9.47 Å². The average molecular weight is 439 g/mol. The molecule has 1 aliphatic heterocycles. The van der Waals surface area contributed by atoms with Gasteiger partial charge in [-0.05, 0) is 37.6 Å². The Labute approximate surface area is 181 Å². The molecule has 0 N–H and O–H groups in total. The van der Waals surface area contributed by atoms with Crippen molar-refractivity contribution in [2.24, 2.45) is 14.1 Å². The van der Waals surface area contributed by atoms with Gasteiger partial charge in [0.1, 0.15) is 5.69 Å². The topological polar surface area (TPSA) is 56.0 Å². The number of carbonyl (C=O) groups excluding carboxylic acids is 1. The lowest BCUT2D eigenvalue weighted by Gasteiger charge is -2.32. The number of halogens is 3. The molecule has 1 aliphatic rings. The highest BCUT2D eigenvalue weighted by atomic mass is 19.2. The van der Waals surface area contributed by atoms with Crippen molar-refractivity contribution >= 4 is 16.8 Å². The Morgan fingerprint density at radius 2 is 1.84 bits per heavy atom. The van der Waals surface area contributed by atoms with E-state index in [2.05, 4.69) is 10.1 Å². The molecule has 4 aromatic rings. The molecule has 5 rings (SSSR count). The summed E-state index contributed by atoms with van der Waals surface area (Å²) in [5.74, 6) is -4.21. The van der Waals surface area contributed by atoms with Gasteiger partial charge >= 0.3 is 0 Å². The van der Waals surface area contributed by atoms with Crippen LogP contribution in [0.3, 0.4) is 0 Å². The molecule has 1 aromatic carbocycles. The molecular weight excluding hydrogens is 419 g/mol. The summed E-state index contributed by atoms with van der Waals surface area (Å²) in [4.78, 5) is 19.5. The fraction of sp³-hybridized carbons (Fsp3) is 0.261. The van der Waals surface area contributed by atoms with Gasteiger partial charge in [0.05, 0.1) is 22.9 Å². The minimum atomic E-state index is -1.50. The molecule has 164 valence electrons. The smallest absolute Gasteiger partial charge is 0.273 e. The quantitative estimate of drug-likeness (QED) is 0.441. The van der Waals surface area contributed by atoms with E-state index >= 15 is 0 Å². The predicted octanol–water partition coefficient (Wildman–Crippen LogP) is 4.15. The van der Waals surface area contributed by atoms with Gasteiger partial charge in [0, 0.05) is 49.5 Å². The number of benzene rings is 1. The Morgan fingerprint density at radius 1 is 1.12 bits per heavy atom. The van der Waals surface area contributed by atoms with Crippen LogP contribution in [0.4, 0.5) is 13.2 Å². The van der Waals surface area contributed by atoms with Gasteiger partial charge in [0.25, 0.3) is 5.91 Å². The standard InChI is InChI=1S/C23H20F3N5O/c1-12-20-15(22(30(3)28-20)13-10-16(24)19(26)17(25)11-13)6-9-31(12)23(32)21-14-5-8-29(2)18(14)4-7-27-21/h4-5,7-8,10-12H,6,9H2,1-3H3. The fourth-order valence-corrected chi connectivity index (χ4v) is 4.58. The van der Waals surface area contributed by atoms with E-state index in [0.717, 1.165) is 28.6 Å². The molecular formula is C23H20F3N5O. The van der Waals surface area contributed by atoms with Crippen molar-refractivity contribution in [2.45, 2.75) is 19.4 Å². The first kappa shape index (κ1) is 20.3. The number of hydrogen-bond acceptors (Lipinski definition) is 3. The Hall–Kier alpha value is -3.62. The minimum Gasteiger partial charge on any atom is -0.350 e. The molecule has 6 nitrogen and oxygen atoms in total. The molecule has 3 aromatic heterocycles. The maximum atomic E-state index is 13.9. The maximum Gasteiger partial charge on any atom is 0.273 e. The van der Waals surface area contributed by atoms with Crippen LogP contribution >= 0.6 is 0 Å². The van der Waals surface area contributed by atoms with Crippen molar-refractivity contribution in [3.8, 4) is 11.3 Å². The van der Waals surface area contributed by atoms with Crippen molar-refractivity contribution in [3.05, 3.63) is 71.1 Å². The van der Waals surface area contributed by atoms with Gasteiger partial charge in [0.2, 0.25) is 0 Å². The molecule has 0 fully saturated rings. The molecule has 1 atom stereocenters. The zero-order valence-corrected chi connectivity index (χ0v) is 17.7. The van der Waals surface area contributed by atoms with Gasteiger partial charge in [-0.15, -0.1) is 0 Å². The van der Waals surface area contributed by atoms with Crippen LogP contribution in [-0.4, -0.2) is 36.7 Å². The predicted molar refractivity (Wildman–Crippen MR) is 112 cm³/mol. The maximum absolute atomic E-state index is 13.9. The van der Waals surface area contributed by atoms with E-state index in [1.54, 1.807) is 18.1 Å². The Kier molecular flexibility index (Phi) is 4.58. The molecule has 0 spiro atoms. The molecule has 0 bridgehead atoms. The Bertz CT molecular complexity index is 1370. The zero-order valence-electron chi connectivity index (χ0n) is 17.7. The van der Waals surface area contributed by atoms with Crippen LogP contribution in [0, 0.1) is 17.5 Å². The third-order valence-electron chi connectivity index (χ3n) is 6.17. The normalized spacial score (nSPS) is 15.9. The highest BCUT2D eigenvalue weighted by Crippen LogP contribution is 2.37. The van der Waals surface area contributed by atoms with E-state index in [-0.39, 0.29) is 17.5 Å². The highest BCUT2D eigenvalue weighted by molar-refractivity contribution is 6.04. The molecule has 32 heavy (non-hydrogen) atoms. The number of nitrogens with zero attached hydrogens (tertiary/aromatic N) is 5. The lowest BCUT2D eigenvalue weighted by Crippen LogP contribution is -2.39. The summed E-state index contributed by atoms with van der Waals surface area (Å²) in [6.07, 6.45) is 3.94. The monoisotopic (exact) mass is 439 g/mol. The van der Waals surface area contributed by atoms with E-state index in [1.165, 1.54) is 4.68 Å². The van der Waals surface area contributed by atoms with Crippen molar-refractivity contribution in [2.75, 3.05) is 6.54 Å². The van der Waals surface area contributed by atoms with Crippen molar-refractivity contribution in [3.63, 3.8) is 0 Å². The largest absolute Gasteiger partial charge is 0.350 e. The summed E-state index contributed by atoms with van der Waals surface area (Å²) in [5, 5.41) is 5.32. The van der Waals surface area contributed by atoms with Crippen LogP contribution in [0.1, 0.15) is 34.7 Å². The number of aryl methyl sites for hydroxylation is 2. The van der Waals surface area contributed by atoms with Crippen LogP contribution in [0.2, 0.25) is 0 Å². The number of amides is 1. The number of hydrogen-bond donors (Lipinski definition) is 0. The minimum absolute atomic E-state index is 0.203. The van der Waals surface area contributed by atoms with E-state index in [9.17, 15) is 18.0 Å². The second kappa shape index (κ2) is 7.22. The van der Waals surface area contributed by atoms with Crippen LogP contribution < -0.4 is 0 Å². The third-order valence-corrected chi connectivity index (χ3v) is 6.17. The summed E-state index contributed by atoms with van der Waals surface area (Å²) in [6.45, 7) is 2.26. The molecule has 1 amide bonds. The van der Waals surface area contributed by atoms with Crippen LogP contribution in [0.15, 0.2) is 36.7 Å². The van der Waals surface area contributed by atoms with E-state index in [0.29, 0.717) is 30.0 Å². The van der Waals surface area contributed by atoms with Gasteiger partial charge in [-0.2, -0.15) is 5.10 Å². The molecule has 1 unspecified atom stereocenters. The molecule has 0 aliphatic carbocycles. The Balaban J connectivity index is 1.54. The second-order valence-electron chi connectivity index (χ2n) is 8.03. The number of fused-ring (bicyclic) bond motifs is 2. The van der Waals surface area contributed by atoms with Crippen LogP contribution in [-0.2, 0) is 20.5 Å². The van der Waals surface area contributed by atoms with Crippen LogP contribution in [0.5, 0.6) is 0 Å². The van der Waals surface area contributed by atoms with E-state index < -0.39 is 17.5 Å². The lowest BCUT2D eigenvalue weighted by atomic mass is 9.95. The first-order chi connectivity index (χ1) is 15.3. The van der Waals surface area contributed by atoms with Crippen LogP contribution in [0.25, 0.3) is 22.2 Å². The first-order valence-corrected chi connectivity index (χ1v) is 10.2. The van der Waals surface area contributed by atoms with Gasteiger partial charge in [0.15, 0.2) is 17.5 Å². The van der Waals surface area contributed by atoms with Gasteiger partial charge in [-0.3, -0.25) is 14.5 Å². The highest BCUT2D eigenvalue weighted by Gasteiger charge is 2.34. The lowest BCUT2D eigenvalue weighted by molar-refractivity contribution is 0.0670. The average Bonchev–Trinajstić information content (AvgIpc) is 3.31. The summed E-state index contributed by atoms with van der Waals surface area (Å²) in [6, 6.07) is 5.29. The number of aromatic nitrogens is 4. The fourth-order valence-electron chi connectivity index (χ4n) is 4.58. The third kappa shape index (κ3) is 2.91. The molecule has 0 saturated carbocycles.